The molecule has 36 heavy (non-hydrogen) atoms. The van der Waals surface area contributed by atoms with Crippen molar-refractivity contribution in [3.63, 3.8) is 0 Å². The molecule has 1 heterocycles. The van der Waals surface area contributed by atoms with E-state index in [9.17, 15) is 19.5 Å². The van der Waals surface area contributed by atoms with Crippen molar-refractivity contribution in [1.29, 1.82) is 0 Å². The number of hydrogen-bond donors (Lipinski definition) is 4. The zero-order valence-electron chi connectivity index (χ0n) is 21.3. The van der Waals surface area contributed by atoms with Gasteiger partial charge in [0.15, 0.2) is 0 Å². The lowest BCUT2D eigenvalue weighted by Crippen LogP contribution is -2.58. The summed E-state index contributed by atoms with van der Waals surface area (Å²) in [6, 6.07) is 12.2. The Morgan fingerprint density at radius 2 is 1.86 bits per heavy atom. The smallest absolute Gasteiger partial charge is 0.247 e. The zero-order chi connectivity index (χ0) is 25.6. The largest absolute Gasteiger partial charge is 0.390 e. The SMILES string of the molecule is CC(C)(C)CC(=O)N(C(=O)[C@@H]1CCCN1)[C@H](Cc1ccc2ccccc2c1)C(=O)NCC(O)CN.Cl. The van der Waals surface area contributed by atoms with Gasteiger partial charge in [0.1, 0.15) is 6.04 Å². The van der Waals surface area contributed by atoms with Gasteiger partial charge in [-0.3, -0.25) is 19.3 Å². The van der Waals surface area contributed by atoms with Gasteiger partial charge < -0.3 is 21.5 Å². The standard InChI is InChI=1S/C27H38N4O4.ClH/c1-27(2,3)15-24(33)31(26(35)22-9-6-12-29-22)23(25(34)30-17-21(32)16-28)14-18-10-11-19-7-4-5-8-20(19)13-18;/h4-5,7-8,10-11,13,21-23,29,32H,6,9,12,14-17,28H2,1-3H3,(H,30,34);1H/t21?,22-,23+;/m0./s1. The maximum absolute atomic E-state index is 13.6. The number of fused-ring (bicyclic) bond motifs is 1. The van der Waals surface area contributed by atoms with E-state index >= 15 is 0 Å². The van der Waals surface area contributed by atoms with Gasteiger partial charge in [0, 0.05) is 25.9 Å². The predicted molar refractivity (Wildman–Crippen MR) is 144 cm³/mol. The average molecular weight is 519 g/mol. The van der Waals surface area contributed by atoms with Crippen LogP contribution in [-0.2, 0) is 20.8 Å². The van der Waals surface area contributed by atoms with E-state index in [0.717, 1.165) is 27.7 Å². The molecule has 1 fully saturated rings. The van der Waals surface area contributed by atoms with Crippen LogP contribution >= 0.6 is 12.4 Å². The van der Waals surface area contributed by atoms with Gasteiger partial charge in [-0.1, -0.05) is 63.2 Å². The molecule has 3 rings (SSSR count). The van der Waals surface area contributed by atoms with Crippen LogP contribution in [0.4, 0.5) is 0 Å². The third kappa shape index (κ3) is 8.00. The number of aliphatic hydroxyl groups is 1. The molecule has 1 saturated heterocycles. The Kier molecular flexibility index (Phi) is 10.8. The molecule has 2 aromatic carbocycles. The molecule has 2 aromatic rings. The number of amides is 3. The topological polar surface area (TPSA) is 125 Å². The van der Waals surface area contributed by atoms with E-state index in [2.05, 4.69) is 10.6 Å². The monoisotopic (exact) mass is 518 g/mol. The summed E-state index contributed by atoms with van der Waals surface area (Å²) in [5.41, 5.74) is 5.97. The first-order valence-electron chi connectivity index (χ1n) is 12.3. The number of aliphatic hydroxyl groups excluding tert-OH is 1. The van der Waals surface area contributed by atoms with Crippen LogP contribution in [0.3, 0.4) is 0 Å². The van der Waals surface area contributed by atoms with Crippen LogP contribution in [0.15, 0.2) is 42.5 Å². The van der Waals surface area contributed by atoms with Gasteiger partial charge in [0.05, 0.1) is 12.1 Å². The summed E-state index contributed by atoms with van der Waals surface area (Å²) in [5.74, 6) is -1.24. The lowest BCUT2D eigenvalue weighted by atomic mass is 9.90. The minimum absolute atomic E-state index is 0. The van der Waals surface area contributed by atoms with Gasteiger partial charge in [0.25, 0.3) is 0 Å². The van der Waals surface area contributed by atoms with E-state index in [-0.39, 0.29) is 55.6 Å². The summed E-state index contributed by atoms with van der Waals surface area (Å²) in [6.07, 6.45) is 0.837. The fraction of sp³-hybridized carbons (Fsp3) is 0.519. The molecule has 0 bridgehead atoms. The van der Waals surface area contributed by atoms with Gasteiger partial charge >= 0.3 is 0 Å². The van der Waals surface area contributed by atoms with Gasteiger partial charge in [-0.2, -0.15) is 0 Å². The van der Waals surface area contributed by atoms with Crippen molar-refractivity contribution in [3.05, 3.63) is 48.0 Å². The summed E-state index contributed by atoms with van der Waals surface area (Å²) < 4.78 is 0. The summed E-state index contributed by atoms with van der Waals surface area (Å²) in [5, 5.41) is 17.8. The molecule has 1 aliphatic rings. The van der Waals surface area contributed by atoms with Crippen LogP contribution in [0.1, 0.15) is 45.6 Å². The fourth-order valence-electron chi connectivity index (χ4n) is 4.36. The fourth-order valence-corrected chi connectivity index (χ4v) is 4.36. The van der Waals surface area contributed by atoms with Gasteiger partial charge in [-0.25, -0.2) is 0 Å². The number of halogens is 1. The van der Waals surface area contributed by atoms with Crippen molar-refractivity contribution in [3.8, 4) is 0 Å². The molecular formula is C27H39ClN4O4. The van der Waals surface area contributed by atoms with E-state index in [4.69, 9.17) is 5.73 Å². The third-order valence-corrected chi connectivity index (χ3v) is 6.19. The molecule has 0 spiro atoms. The molecule has 198 valence electrons. The van der Waals surface area contributed by atoms with E-state index < -0.39 is 24.1 Å². The maximum atomic E-state index is 13.6. The lowest BCUT2D eigenvalue weighted by Gasteiger charge is -2.33. The van der Waals surface area contributed by atoms with E-state index in [1.54, 1.807) is 0 Å². The first-order chi connectivity index (χ1) is 16.6. The second kappa shape index (κ2) is 13.1. The van der Waals surface area contributed by atoms with Crippen LogP contribution in [0.25, 0.3) is 10.8 Å². The first-order valence-corrected chi connectivity index (χ1v) is 12.3. The minimum atomic E-state index is -1.05. The number of benzene rings is 2. The van der Waals surface area contributed by atoms with Crippen LogP contribution in [0, 0.1) is 5.41 Å². The number of imide groups is 1. The highest BCUT2D eigenvalue weighted by Gasteiger charge is 2.40. The summed E-state index contributed by atoms with van der Waals surface area (Å²) >= 11 is 0. The molecular weight excluding hydrogens is 480 g/mol. The number of nitrogens with zero attached hydrogens (tertiary/aromatic N) is 1. The second-order valence-electron chi connectivity index (χ2n) is 10.5. The molecule has 0 aromatic heterocycles. The van der Waals surface area contributed by atoms with Crippen LogP contribution in [0.2, 0.25) is 0 Å². The van der Waals surface area contributed by atoms with Crippen molar-refractivity contribution in [2.75, 3.05) is 19.6 Å². The molecule has 1 aliphatic heterocycles. The zero-order valence-corrected chi connectivity index (χ0v) is 22.1. The van der Waals surface area contributed by atoms with Crippen molar-refractivity contribution >= 4 is 40.9 Å². The molecule has 1 unspecified atom stereocenters. The Bertz CT molecular complexity index is 1050. The summed E-state index contributed by atoms with van der Waals surface area (Å²) in [6.45, 7) is 6.42. The lowest BCUT2D eigenvalue weighted by molar-refractivity contribution is -0.154. The second-order valence-corrected chi connectivity index (χ2v) is 10.5. The van der Waals surface area contributed by atoms with Crippen molar-refractivity contribution in [2.24, 2.45) is 11.1 Å². The normalized spacial score (nSPS) is 17.2. The Hall–Kier alpha value is -2.52. The molecule has 3 amide bonds. The third-order valence-electron chi connectivity index (χ3n) is 6.19. The number of nitrogens with two attached hydrogens (primary N) is 1. The minimum Gasteiger partial charge on any atom is -0.390 e. The number of rotatable bonds is 9. The Balaban J connectivity index is 0.00000456. The van der Waals surface area contributed by atoms with Crippen molar-refractivity contribution < 1.29 is 19.5 Å². The molecule has 0 radical (unpaired) electrons. The molecule has 0 aliphatic carbocycles. The highest BCUT2D eigenvalue weighted by atomic mass is 35.5. The van der Waals surface area contributed by atoms with Crippen LogP contribution in [0.5, 0.6) is 0 Å². The molecule has 0 saturated carbocycles. The predicted octanol–water partition coefficient (Wildman–Crippen LogP) is 2.15. The van der Waals surface area contributed by atoms with Crippen LogP contribution < -0.4 is 16.4 Å². The van der Waals surface area contributed by atoms with Gasteiger partial charge in [-0.05, 0) is 41.1 Å². The summed E-state index contributed by atoms with van der Waals surface area (Å²) in [4.78, 5) is 41.7. The molecule has 9 heteroatoms. The summed E-state index contributed by atoms with van der Waals surface area (Å²) in [7, 11) is 0. The first kappa shape index (κ1) is 29.7. The van der Waals surface area contributed by atoms with Crippen LogP contribution in [-0.4, -0.2) is 65.5 Å². The Labute approximate surface area is 219 Å². The number of nitrogens with one attached hydrogen (secondary N) is 2. The number of carbonyl (C=O) groups is 3. The number of hydrogen-bond acceptors (Lipinski definition) is 6. The van der Waals surface area contributed by atoms with Crippen molar-refractivity contribution in [1.82, 2.24) is 15.5 Å². The molecule has 3 atom stereocenters. The van der Waals surface area contributed by atoms with E-state index in [0.29, 0.717) is 13.0 Å². The highest BCUT2D eigenvalue weighted by Crippen LogP contribution is 2.24. The van der Waals surface area contributed by atoms with Gasteiger partial charge in [-0.15, -0.1) is 12.4 Å². The molecule has 8 nitrogen and oxygen atoms in total. The average Bonchev–Trinajstić information content (AvgIpc) is 3.35. The Morgan fingerprint density at radius 3 is 2.47 bits per heavy atom. The number of carbonyl (C=O) groups excluding carboxylic acids is 3. The quantitative estimate of drug-likeness (QED) is 0.403. The maximum Gasteiger partial charge on any atom is 0.247 e. The van der Waals surface area contributed by atoms with Gasteiger partial charge in [0.2, 0.25) is 17.7 Å². The Morgan fingerprint density at radius 1 is 1.17 bits per heavy atom. The van der Waals surface area contributed by atoms with E-state index in [1.807, 2.05) is 63.2 Å². The molecule has 5 N–H and O–H groups in total. The van der Waals surface area contributed by atoms with E-state index in [1.165, 1.54) is 0 Å². The highest BCUT2D eigenvalue weighted by molar-refractivity contribution is 6.02. The van der Waals surface area contributed by atoms with Crippen molar-refractivity contribution in [2.45, 2.75) is 64.6 Å².